The number of aryl methyl sites for hydroxylation is 2. The molecular formula is C15H16FNO2. The van der Waals surface area contributed by atoms with Gasteiger partial charge in [-0.2, -0.15) is 0 Å². The second kappa shape index (κ2) is 3.83. The van der Waals surface area contributed by atoms with Crippen LogP contribution in [0.4, 0.5) is 4.39 Å². The first kappa shape index (κ1) is 12.2. The van der Waals surface area contributed by atoms with Gasteiger partial charge in [0.25, 0.3) is 0 Å². The Balaban J connectivity index is 2.27. The fourth-order valence-corrected chi connectivity index (χ4v) is 3.12. The SMILES string of the molecule is Cc1cn(C)c2c(F)cc(C3(C(=O)O)CCC3)cc12. The third-order valence-electron chi connectivity index (χ3n) is 4.40. The Kier molecular flexibility index (Phi) is 2.46. The second-order valence-electron chi connectivity index (χ2n) is 5.52. The Hall–Kier alpha value is -1.84. The smallest absolute Gasteiger partial charge is 0.314 e. The van der Waals surface area contributed by atoms with Crippen molar-refractivity contribution in [2.45, 2.75) is 31.6 Å². The number of nitrogens with zero attached hydrogens (tertiary/aromatic N) is 1. The van der Waals surface area contributed by atoms with Crippen LogP contribution >= 0.6 is 0 Å². The van der Waals surface area contributed by atoms with Crippen molar-refractivity contribution in [3.05, 3.63) is 35.3 Å². The number of hydrogen-bond donors (Lipinski definition) is 1. The summed E-state index contributed by atoms with van der Waals surface area (Å²) >= 11 is 0. The summed E-state index contributed by atoms with van der Waals surface area (Å²) in [5.41, 5.74) is 1.24. The van der Waals surface area contributed by atoms with Gasteiger partial charge in [-0.3, -0.25) is 4.79 Å². The first-order valence-electron chi connectivity index (χ1n) is 6.45. The van der Waals surface area contributed by atoms with E-state index < -0.39 is 11.4 Å². The van der Waals surface area contributed by atoms with Gasteiger partial charge >= 0.3 is 5.97 Å². The Labute approximate surface area is 110 Å². The molecule has 1 aliphatic carbocycles. The number of halogens is 1. The van der Waals surface area contributed by atoms with Crippen LogP contribution in [0.2, 0.25) is 0 Å². The summed E-state index contributed by atoms with van der Waals surface area (Å²) in [5, 5.41) is 10.3. The summed E-state index contributed by atoms with van der Waals surface area (Å²) in [6, 6.07) is 3.25. The number of benzene rings is 1. The fourth-order valence-electron chi connectivity index (χ4n) is 3.12. The average Bonchev–Trinajstić information content (AvgIpc) is 2.52. The molecule has 1 saturated carbocycles. The lowest BCUT2D eigenvalue weighted by atomic mass is 9.64. The molecule has 1 N–H and O–H groups in total. The van der Waals surface area contributed by atoms with E-state index in [2.05, 4.69) is 0 Å². The van der Waals surface area contributed by atoms with Crippen molar-refractivity contribution in [1.82, 2.24) is 4.57 Å². The van der Waals surface area contributed by atoms with Crippen LogP contribution in [-0.4, -0.2) is 15.6 Å². The summed E-state index contributed by atoms with van der Waals surface area (Å²) in [7, 11) is 1.80. The summed E-state index contributed by atoms with van der Waals surface area (Å²) in [5.74, 6) is -1.18. The van der Waals surface area contributed by atoms with Crippen molar-refractivity contribution >= 4 is 16.9 Å². The highest BCUT2D eigenvalue weighted by Gasteiger charge is 2.46. The Morgan fingerprint density at radius 3 is 2.63 bits per heavy atom. The molecule has 100 valence electrons. The minimum atomic E-state index is -0.878. The molecule has 0 unspecified atom stereocenters. The molecule has 0 atom stereocenters. The molecule has 1 aliphatic rings. The standard InChI is InChI=1S/C15H16FNO2/c1-9-8-17(2)13-11(9)6-10(7-12(13)16)15(14(18)19)4-3-5-15/h6-8H,3-5H2,1-2H3,(H,18,19). The van der Waals surface area contributed by atoms with E-state index in [9.17, 15) is 14.3 Å². The molecule has 1 fully saturated rings. The number of carbonyl (C=O) groups is 1. The van der Waals surface area contributed by atoms with Crippen LogP contribution in [0.3, 0.4) is 0 Å². The number of carboxylic acids is 1. The van der Waals surface area contributed by atoms with Gasteiger partial charge in [-0.15, -0.1) is 0 Å². The summed E-state index contributed by atoms with van der Waals surface area (Å²) < 4.78 is 16.0. The summed E-state index contributed by atoms with van der Waals surface area (Å²) in [6.45, 7) is 1.92. The predicted octanol–water partition coefficient (Wildman–Crippen LogP) is 3.13. The number of rotatable bonds is 2. The zero-order valence-corrected chi connectivity index (χ0v) is 11.0. The third kappa shape index (κ3) is 1.52. The van der Waals surface area contributed by atoms with Crippen LogP contribution in [0.15, 0.2) is 18.3 Å². The van der Waals surface area contributed by atoms with Crippen LogP contribution in [0.25, 0.3) is 10.9 Å². The van der Waals surface area contributed by atoms with Gasteiger partial charge < -0.3 is 9.67 Å². The molecule has 1 aromatic carbocycles. The van der Waals surface area contributed by atoms with E-state index in [1.165, 1.54) is 6.07 Å². The largest absolute Gasteiger partial charge is 0.481 e. The Morgan fingerprint density at radius 1 is 1.42 bits per heavy atom. The minimum Gasteiger partial charge on any atom is -0.481 e. The highest BCUT2D eigenvalue weighted by molar-refractivity contribution is 5.89. The number of carboxylic acid groups (broad SMARTS) is 1. The fraction of sp³-hybridized carbons (Fsp3) is 0.400. The van der Waals surface area contributed by atoms with Gasteiger partial charge in [0.05, 0.1) is 10.9 Å². The van der Waals surface area contributed by atoms with E-state index in [0.29, 0.717) is 23.9 Å². The molecule has 2 aromatic rings. The molecule has 4 heteroatoms. The number of hydrogen-bond acceptors (Lipinski definition) is 1. The van der Waals surface area contributed by atoms with E-state index in [1.807, 2.05) is 19.2 Å². The maximum absolute atomic E-state index is 14.3. The van der Waals surface area contributed by atoms with E-state index in [0.717, 1.165) is 17.4 Å². The van der Waals surface area contributed by atoms with Gasteiger partial charge in [0, 0.05) is 18.6 Å². The van der Waals surface area contributed by atoms with Gasteiger partial charge in [-0.05, 0) is 43.0 Å². The topological polar surface area (TPSA) is 42.2 Å². The molecule has 3 nitrogen and oxygen atoms in total. The maximum Gasteiger partial charge on any atom is 0.314 e. The van der Waals surface area contributed by atoms with Crippen LogP contribution in [0, 0.1) is 12.7 Å². The van der Waals surface area contributed by atoms with Crippen molar-refractivity contribution in [1.29, 1.82) is 0 Å². The molecule has 0 bridgehead atoms. The second-order valence-corrected chi connectivity index (χ2v) is 5.52. The normalized spacial score (nSPS) is 17.4. The number of aliphatic carboxylic acids is 1. The molecule has 0 amide bonds. The van der Waals surface area contributed by atoms with Gasteiger partial charge in [-0.1, -0.05) is 6.42 Å². The highest BCUT2D eigenvalue weighted by Crippen LogP contribution is 2.45. The van der Waals surface area contributed by atoms with Gasteiger partial charge in [0.15, 0.2) is 0 Å². The lowest BCUT2D eigenvalue weighted by Gasteiger charge is -2.38. The molecule has 0 saturated heterocycles. The van der Waals surface area contributed by atoms with Crippen LogP contribution in [0.1, 0.15) is 30.4 Å². The third-order valence-corrected chi connectivity index (χ3v) is 4.40. The zero-order valence-electron chi connectivity index (χ0n) is 11.0. The summed E-state index contributed by atoms with van der Waals surface area (Å²) in [4.78, 5) is 11.5. The zero-order chi connectivity index (χ0) is 13.8. The highest BCUT2D eigenvalue weighted by atomic mass is 19.1. The number of aromatic nitrogens is 1. The Morgan fingerprint density at radius 2 is 2.11 bits per heavy atom. The first-order valence-corrected chi connectivity index (χ1v) is 6.45. The summed E-state index contributed by atoms with van der Waals surface area (Å²) in [6.07, 6.45) is 3.95. The molecule has 1 aromatic heterocycles. The first-order chi connectivity index (χ1) is 8.95. The molecule has 1 heterocycles. The molecule has 19 heavy (non-hydrogen) atoms. The lowest BCUT2D eigenvalue weighted by Crippen LogP contribution is -2.42. The van der Waals surface area contributed by atoms with Crippen molar-refractivity contribution < 1.29 is 14.3 Å². The molecule has 0 radical (unpaired) electrons. The van der Waals surface area contributed by atoms with E-state index in [-0.39, 0.29) is 5.82 Å². The molecular weight excluding hydrogens is 245 g/mol. The molecule has 0 aliphatic heterocycles. The Bertz CT molecular complexity index is 683. The van der Waals surface area contributed by atoms with E-state index in [4.69, 9.17) is 0 Å². The monoisotopic (exact) mass is 261 g/mol. The van der Waals surface area contributed by atoms with E-state index >= 15 is 0 Å². The quantitative estimate of drug-likeness (QED) is 0.902. The maximum atomic E-state index is 14.3. The lowest BCUT2D eigenvalue weighted by molar-refractivity contribution is -0.147. The van der Waals surface area contributed by atoms with Crippen LogP contribution in [0.5, 0.6) is 0 Å². The van der Waals surface area contributed by atoms with E-state index in [1.54, 1.807) is 11.6 Å². The van der Waals surface area contributed by atoms with Gasteiger partial charge in [-0.25, -0.2) is 4.39 Å². The van der Waals surface area contributed by atoms with Crippen molar-refractivity contribution in [2.75, 3.05) is 0 Å². The van der Waals surface area contributed by atoms with Crippen LogP contribution < -0.4 is 0 Å². The predicted molar refractivity (Wildman–Crippen MR) is 70.8 cm³/mol. The van der Waals surface area contributed by atoms with Gasteiger partial charge in [0.1, 0.15) is 5.82 Å². The molecule has 0 spiro atoms. The van der Waals surface area contributed by atoms with Crippen molar-refractivity contribution in [3.8, 4) is 0 Å². The van der Waals surface area contributed by atoms with Crippen LogP contribution in [-0.2, 0) is 17.3 Å². The van der Waals surface area contributed by atoms with Gasteiger partial charge in [0.2, 0.25) is 0 Å². The molecule has 3 rings (SSSR count). The van der Waals surface area contributed by atoms with Crippen molar-refractivity contribution in [2.24, 2.45) is 7.05 Å². The average molecular weight is 261 g/mol. The van der Waals surface area contributed by atoms with Crippen molar-refractivity contribution in [3.63, 3.8) is 0 Å². The number of fused-ring (bicyclic) bond motifs is 1. The minimum absolute atomic E-state index is 0.337.